The molecule has 0 bridgehead atoms. The predicted molar refractivity (Wildman–Crippen MR) is 269 cm³/mol. The number of ether oxygens (including phenoxy) is 3. The van der Waals surface area contributed by atoms with E-state index in [1.807, 2.05) is 54.9 Å². The van der Waals surface area contributed by atoms with Crippen molar-refractivity contribution in [3.05, 3.63) is 91.6 Å². The molecule has 17 nitrogen and oxygen atoms in total. The molecule has 350 valence electrons. The summed E-state index contributed by atoms with van der Waals surface area (Å²) in [6.45, 7) is 7.17. The minimum Gasteiger partial charge on any atom is -0.497 e. The van der Waals surface area contributed by atoms with Gasteiger partial charge in [-0.15, -0.1) is 0 Å². The Balaban J connectivity index is 0.951. The standard InChI is InChI=1S/C49H50B2N10O7S/c1-5-48-12-7-13-49(48,6-2)68-51(67-48)38-20-34(29-8-10-32-39(52)25-54-58-40(32)18-29)36(22-44(38)64-3)47-53-27-46(69-47)57-42-26-55-59-41-19-30(9-11-33(41)42)35-21-37(50(62)63)45(65-4)23-43(35)61-28-31(24-56-61)60-14-16-66-17-15-60/h8-11,18-28,62-63H,5-7,12-17H2,1-4H3,(H2,52,58)(H,57,59)/t48-,49+. The molecule has 2 aliphatic heterocycles. The van der Waals surface area contributed by atoms with Crippen LogP contribution in [0, 0.1) is 0 Å². The molecule has 1 aliphatic carbocycles. The number of hydrogen-bond acceptors (Lipinski definition) is 17. The molecule has 3 fully saturated rings. The molecule has 8 aromatic rings. The Kier molecular flexibility index (Phi) is 11.7. The van der Waals surface area contributed by atoms with Crippen LogP contribution in [0.15, 0.2) is 91.6 Å². The fourth-order valence-electron chi connectivity index (χ4n) is 10.5. The number of fused-ring (bicyclic) bond motifs is 3. The first-order valence-electron chi connectivity index (χ1n) is 23.2. The summed E-state index contributed by atoms with van der Waals surface area (Å²) in [6, 6.07) is 19.5. The minimum atomic E-state index is -1.78. The first-order valence-corrected chi connectivity index (χ1v) is 24.0. The summed E-state index contributed by atoms with van der Waals surface area (Å²) in [6.07, 6.45) is 13.5. The van der Waals surface area contributed by atoms with E-state index >= 15 is 0 Å². The lowest BCUT2D eigenvalue weighted by molar-refractivity contribution is -0.0281. The second kappa shape index (κ2) is 18.0. The molecule has 5 N–H and O–H groups in total. The summed E-state index contributed by atoms with van der Waals surface area (Å²) in [4.78, 5) is 7.19. The van der Waals surface area contributed by atoms with Gasteiger partial charge in [-0.2, -0.15) is 25.5 Å². The Morgan fingerprint density at radius 3 is 2.22 bits per heavy atom. The molecule has 6 heterocycles. The number of hydrogen-bond donors (Lipinski definition) is 4. The van der Waals surface area contributed by atoms with Crippen molar-refractivity contribution in [2.75, 3.05) is 56.5 Å². The van der Waals surface area contributed by atoms with Crippen LogP contribution in [0.25, 0.3) is 60.3 Å². The molecule has 3 aliphatic rings. The maximum absolute atomic E-state index is 10.4. The van der Waals surface area contributed by atoms with Gasteiger partial charge in [0.2, 0.25) is 0 Å². The molecule has 4 aromatic carbocycles. The predicted octanol–water partition coefficient (Wildman–Crippen LogP) is 6.30. The van der Waals surface area contributed by atoms with Crippen LogP contribution in [0.5, 0.6) is 11.5 Å². The van der Waals surface area contributed by atoms with E-state index in [1.165, 1.54) is 18.4 Å². The fourth-order valence-corrected chi connectivity index (χ4v) is 11.4. The Labute approximate surface area is 402 Å². The minimum absolute atomic E-state index is 0.214. The molecule has 0 spiro atoms. The van der Waals surface area contributed by atoms with E-state index in [0.717, 1.165) is 105 Å². The number of nitrogens with two attached hydrogens (primary N) is 1. The number of nitrogens with zero attached hydrogens (tertiary/aromatic N) is 8. The Morgan fingerprint density at radius 1 is 0.812 bits per heavy atom. The molecule has 0 unspecified atom stereocenters. The summed E-state index contributed by atoms with van der Waals surface area (Å²) in [5.41, 5.74) is 14.9. The third-order valence-electron chi connectivity index (χ3n) is 14.2. The average molecular weight is 945 g/mol. The molecular weight excluding hydrogens is 894 g/mol. The number of benzene rings is 4. The highest BCUT2D eigenvalue weighted by atomic mass is 32.1. The topological polar surface area (TPSA) is 210 Å². The number of rotatable bonds is 13. The van der Waals surface area contributed by atoms with Crippen molar-refractivity contribution in [2.45, 2.75) is 57.2 Å². The zero-order valence-corrected chi connectivity index (χ0v) is 39.5. The summed E-state index contributed by atoms with van der Waals surface area (Å²) >= 11 is 1.48. The van der Waals surface area contributed by atoms with Crippen molar-refractivity contribution in [1.82, 2.24) is 35.2 Å². The Hall–Kier alpha value is -6.67. The normalized spacial score (nSPS) is 19.1. The van der Waals surface area contributed by atoms with Gasteiger partial charge in [-0.1, -0.05) is 43.4 Å². The highest BCUT2D eigenvalue weighted by Crippen LogP contribution is 2.54. The van der Waals surface area contributed by atoms with Crippen molar-refractivity contribution < 1.29 is 33.6 Å². The fraction of sp³-hybridized carbons (Fsp3) is 0.306. The van der Waals surface area contributed by atoms with Crippen LogP contribution in [0.4, 0.5) is 22.1 Å². The van der Waals surface area contributed by atoms with Crippen LogP contribution in [0.3, 0.4) is 0 Å². The van der Waals surface area contributed by atoms with E-state index in [0.29, 0.717) is 52.7 Å². The summed E-state index contributed by atoms with van der Waals surface area (Å²) in [7, 11) is 0.769. The largest absolute Gasteiger partial charge is 0.498 e. The van der Waals surface area contributed by atoms with Crippen LogP contribution in [-0.4, -0.2) is 111 Å². The van der Waals surface area contributed by atoms with Gasteiger partial charge in [-0.05, 0) is 85.2 Å². The van der Waals surface area contributed by atoms with Crippen molar-refractivity contribution >= 4 is 80.4 Å². The van der Waals surface area contributed by atoms with E-state index in [-0.39, 0.29) is 16.7 Å². The van der Waals surface area contributed by atoms with Gasteiger partial charge >= 0.3 is 14.2 Å². The first-order chi connectivity index (χ1) is 33.6. The van der Waals surface area contributed by atoms with Crippen molar-refractivity contribution in [2.24, 2.45) is 0 Å². The zero-order valence-electron chi connectivity index (χ0n) is 38.7. The highest BCUT2D eigenvalue weighted by molar-refractivity contribution is 7.19. The maximum Gasteiger partial charge on any atom is 0.498 e. The van der Waals surface area contributed by atoms with Gasteiger partial charge in [0.25, 0.3) is 0 Å². The second-order valence-corrected chi connectivity index (χ2v) is 18.7. The number of methoxy groups -OCH3 is 2. The molecule has 2 saturated heterocycles. The van der Waals surface area contributed by atoms with Crippen LogP contribution >= 0.6 is 11.3 Å². The van der Waals surface area contributed by atoms with E-state index in [1.54, 1.807) is 42.5 Å². The van der Waals surface area contributed by atoms with Gasteiger partial charge in [-0.25, -0.2) is 9.67 Å². The lowest BCUT2D eigenvalue weighted by atomic mass is 9.76. The monoisotopic (exact) mass is 944 g/mol. The third-order valence-corrected chi connectivity index (χ3v) is 15.1. The van der Waals surface area contributed by atoms with Crippen molar-refractivity contribution in [1.29, 1.82) is 0 Å². The Bertz CT molecular complexity index is 3220. The van der Waals surface area contributed by atoms with Gasteiger partial charge in [0.1, 0.15) is 21.5 Å². The molecule has 0 amide bonds. The molecule has 2 atom stereocenters. The third kappa shape index (κ3) is 7.80. The molecule has 11 rings (SSSR count). The van der Waals surface area contributed by atoms with E-state index in [9.17, 15) is 10.0 Å². The summed E-state index contributed by atoms with van der Waals surface area (Å²) < 4.78 is 33.0. The SMILES string of the molecule is CC[C@@]12CCC[C@]1(CC)OB(c1cc(-c3ccc4c(N)cnnc4c3)c(-c3ncc(Nc4cnnc5cc(-c6cc(B(O)O)c(OC)cc6-n6cc(N7CCOCC7)cn6)ccc45)s3)cc1OC)O2. The summed E-state index contributed by atoms with van der Waals surface area (Å²) in [5, 5.41) is 49.7. The zero-order chi connectivity index (χ0) is 47.4. The maximum atomic E-state index is 10.4. The van der Waals surface area contributed by atoms with Crippen molar-refractivity contribution in [3.63, 3.8) is 0 Å². The van der Waals surface area contributed by atoms with E-state index in [4.69, 9.17) is 39.3 Å². The lowest BCUT2D eigenvalue weighted by Gasteiger charge is -2.37. The highest BCUT2D eigenvalue weighted by Gasteiger charge is 2.63. The molecule has 4 aromatic heterocycles. The van der Waals surface area contributed by atoms with Crippen LogP contribution in [0.1, 0.15) is 46.0 Å². The van der Waals surface area contributed by atoms with Gasteiger partial charge in [0.15, 0.2) is 0 Å². The number of morpholine rings is 1. The number of aromatic nitrogens is 7. The van der Waals surface area contributed by atoms with Gasteiger partial charge in [-0.3, -0.25) is 0 Å². The lowest BCUT2D eigenvalue weighted by Crippen LogP contribution is -2.46. The quantitative estimate of drug-likeness (QED) is 0.0935. The number of anilines is 4. The molecule has 0 radical (unpaired) electrons. The van der Waals surface area contributed by atoms with Gasteiger partial charge in [0.05, 0.1) is 103 Å². The number of thiazole rings is 1. The van der Waals surface area contributed by atoms with Crippen molar-refractivity contribution in [3.8, 4) is 50.0 Å². The second-order valence-electron chi connectivity index (χ2n) is 17.7. The van der Waals surface area contributed by atoms with Crippen LogP contribution < -0.4 is 36.3 Å². The van der Waals surface area contributed by atoms with Gasteiger partial charge < -0.3 is 49.5 Å². The average Bonchev–Trinajstić information content (AvgIpc) is 4.20. The summed E-state index contributed by atoms with van der Waals surface area (Å²) in [5.74, 6) is 0.951. The van der Waals surface area contributed by atoms with E-state index < -0.39 is 14.2 Å². The first kappa shape index (κ1) is 44.8. The number of nitrogens with one attached hydrogen (secondary N) is 1. The molecule has 1 saturated carbocycles. The number of nitrogen functional groups attached to an aromatic ring is 1. The van der Waals surface area contributed by atoms with Crippen LogP contribution in [-0.2, 0) is 14.0 Å². The molecular formula is C49H50B2N10O7S. The van der Waals surface area contributed by atoms with Crippen LogP contribution in [0.2, 0.25) is 0 Å². The smallest absolute Gasteiger partial charge is 0.497 e. The molecule has 20 heteroatoms. The van der Waals surface area contributed by atoms with E-state index in [2.05, 4.69) is 50.5 Å². The Morgan fingerprint density at radius 2 is 1.51 bits per heavy atom. The molecule has 69 heavy (non-hydrogen) atoms. The van der Waals surface area contributed by atoms with Gasteiger partial charge in [0, 0.05) is 52.0 Å².